The summed E-state index contributed by atoms with van der Waals surface area (Å²) in [6.45, 7) is 3.61. The first-order valence-corrected chi connectivity index (χ1v) is 7.37. The summed E-state index contributed by atoms with van der Waals surface area (Å²) >= 11 is 0. The van der Waals surface area contributed by atoms with Crippen LogP contribution in [0.4, 0.5) is 0 Å². The largest absolute Gasteiger partial charge is 0.496 e. The zero-order chi connectivity index (χ0) is 14.0. The third-order valence-electron chi connectivity index (χ3n) is 2.97. The summed E-state index contributed by atoms with van der Waals surface area (Å²) in [7, 11) is -2.01. The molecule has 0 aliphatic heterocycles. The Balaban J connectivity index is 2.56. The van der Waals surface area contributed by atoms with Crippen LogP contribution in [-0.4, -0.2) is 24.5 Å². The molecule has 0 amide bonds. The summed E-state index contributed by atoms with van der Waals surface area (Å²) in [4.78, 5) is 4.19. The molecule has 102 valence electrons. The van der Waals surface area contributed by atoms with Gasteiger partial charge in [-0.15, -0.1) is 0 Å². The Morgan fingerprint density at radius 3 is 2.63 bits per heavy atom. The SMILES string of the molecule is CCc1cc(S(=O)(=O)n2ccnc2C)ccc1OC. The molecule has 0 unspecified atom stereocenters. The number of aryl methyl sites for hydroxylation is 2. The highest BCUT2D eigenvalue weighted by Crippen LogP contribution is 2.24. The number of methoxy groups -OCH3 is 1. The zero-order valence-electron chi connectivity index (χ0n) is 11.1. The Bertz CT molecular complexity index is 690. The predicted octanol–water partition coefficient (Wildman–Crippen LogP) is 2.00. The van der Waals surface area contributed by atoms with Crippen molar-refractivity contribution in [2.45, 2.75) is 25.2 Å². The van der Waals surface area contributed by atoms with Gasteiger partial charge in [-0.25, -0.2) is 17.4 Å². The molecule has 0 atom stereocenters. The van der Waals surface area contributed by atoms with E-state index >= 15 is 0 Å². The van der Waals surface area contributed by atoms with Crippen molar-refractivity contribution in [3.63, 3.8) is 0 Å². The molecule has 0 aliphatic rings. The predicted molar refractivity (Wildman–Crippen MR) is 71.9 cm³/mol. The highest BCUT2D eigenvalue weighted by Gasteiger charge is 2.19. The summed E-state index contributed by atoms with van der Waals surface area (Å²) in [6, 6.07) is 4.87. The molecule has 6 heteroatoms. The fourth-order valence-electron chi connectivity index (χ4n) is 1.93. The molecular formula is C13H16N2O3S. The molecule has 0 spiro atoms. The van der Waals surface area contributed by atoms with Crippen molar-refractivity contribution >= 4 is 10.0 Å². The van der Waals surface area contributed by atoms with Crippen molar-refractivity contribution in [3.8, 4) is 5.75 Å². The lowest BCUT2D eigenvalue weighted by Gasteiger charge is -2.11. The number of hydrogen-bond acceptors (Lipinski definition) is 4. The van der Waals surface area contributed by atoms with Gasteiger partial charge in [0.05, 0.1) is 12.0 Å². The average molecular weight is 280 g/mol. The Morgan fingerprint density at radius 1 is 1.37 bits per heavy atom. The second-order valence-corrected chi connectivity index (χ2v) is 5.92. The summed E-state index contributed by atoms with van der Waals surface area (Å²) < 4.78 is 31.3. The molecule has 0 N–H and O–H groups in total. The molecule has 2 aromatic rings. The Kier molecular flexibility index (Phi) is 3.61. The molecule has 2 rings (SSSR count). The molecule has 5 nitrogen and oxygen atoms in total. The first-order valence-electron chi connectivity index (χ1n) is 5.93. The molecule has 0 fully saturated rings. The fraction of sp³-hybridized carbons (Fsp3) is 0.308. The quantitative estimate of drug-likeness (QED) is 0.859. The van der Waals surface area contributed by atoms with Gasteiger partial charge in [0.15, 0.2) is 0 Å². The molecule has 0 aliphatic carbocycles. The Labute approximate surface area is 112 Å². The standard InChI is InChI=1S/C13H16N2O3S/c1-4-11-9-12(5-6-13(11)18-3)19(16,17)15-8-7-14-10(15)2/h5-9H,4H2,1-3H3. The molecule has 0 saturated carbocycles. The van der Waals surface area contributed by atoms with E-state index in [9.17, 15) is 8.42 Å². The van der Waals surface area contributed by atoms with Crippen molar-refractivity contribution in [3.05, 3.63) is 42.0 Å². The third-order valence-corrected chi connectivity index (χ3v) is 4.73. The second kappa shape index (κ2) is 5.05. The summed E-state index contributed by atoms with van der Waals surface area (Å²) in [5.41, 5.74) is 0.862. The van der Waals surface area contributed by atoms with E-state index in [1.54, 1.807) is 32.2 Å². The van der Waals surface area contributed by atoms with E-state index in [0.717, 1.165) is 5.56 Å². The van der Waals surface area contributed by atoms with Crippen molar-refractivity contribution in [1.29, 1.82) is 0 Å². The van der Waals surface area contributed by atoms with Gasteiger partial charge in [0.1, 0.15) is 11.6 Å². The smallest absolute Gasteiger partial charge is 0.269 e. The topological polar surface area (TPSA) is 61.2 Å². The van der Waals surface area contributed by atoms with E-state index in [4.69, 9.17) is 4.74 Å². The van der Waals surface area contributed by atoms with Crippen LogP contribution in [0.5, 0.6) is 5.75 Å². The number of hydrogen-bond donors (Lipinski definition) is 0. The van der Waals surface area contributed by atoms with Crippen LogP contribution in [0.2, 0.25) is 0 Å². The van der Waals surface area contributed by atoms with E-state index in [1.807, 2.05) is 6.92 Å². The van der Waals surface area contributed by atoms with Crippen LogP contribution in [0.25, 0.3) is 0 Å². The molecule has 1 aromatic heterocycles. The van der Waals surface area contributed by atoms with Crippen LogP contribution in [0.1, 0.15) is 18.3 Å². The van der Waals surface area contributed by atoms with Gasteiger partial charge < -0.3 is 4.74 Å². The van der Waals surface area contributed by atoms with Crippen LogP contribution in [0, 0.1) is 6.92 Å². The lowest BCUT2D eigenvalue weighted by molar-refractivity contribution is 0.409. The molecule has 0 saturated heterocycles. The number of aromatic nitrogens is 2. The number of ether oxygens (including phenoxy) is 1. The van der Waals surface area contributed by atoms with Crippen LogP contribution < -0.4 is 4.74 Å². The third kappa shape index (κ3) is 2.35. The van der Waals surface area contributed by atoms with Gasteiger partial charge in [-0.05, 0) is 37.1 Å². The van der Waals surface area contributed by atoms with Gasteiger partial charge in [0, 0.05) is 12.4 Å². The van der Waals surface area contributed by atoms with Gasteiger partial charge in [-0.2, -0.15) is 0 Å². The zero-order valence-corrected chi connectivity index (χ0v) is 11.9. The Morgan fingerprint density at radius 2 is 2.11 bits per heavy atom. The van der Waals surface area contributed by atoms with Crippen LogP contribution in [0.3, 0.4) is 0 Å². The highest BCUT2D eigenvalue weighted by molar-refractivity contribution is 7.90. The summed E-state index contributed by atoms with van der Waals surface area (Å²) in [5.74, 6) is 1.14. The maximum absolute atomic E-state index is 12.5. The lowest BCUT2D eigenvalue weighted by atomic mass is 10.1. The molecule has 0 radical (unpaired) electrons. The van der Waals surface area contributed by atoms with Gasteiger partial charge in [0.25, 0.3) is 10.0 Å². The minimum absolute atomic E-state index is 0.242. The number of imidazole rings is 1. The van der Waals surface area contributed by atoms with Gasteiger partial charge in [-0.3, -0.25) is 0 Å². The van der Waals surface area contributed by atoms with Gasteiger partial charge in [-0.1, -0.05) is 6.92 Å². The normalized spacial score (nSPS) is 11.5. The molecule has 0 bridgehead atoms. The summed E-state index contributed by atoms with van der Waals surface area (Å²) in [5, 5.41) is 0. The van der Waals surface area contributed by atoms with E-state index in [1.165, 1.54) is 16.4 Å². The number of benzene rings is 1. The Hall–Kier alpha value is -1.82. The minimum atomic E-state index is -3.59. The van der Waals surface area contributed by atoms with E-state index in [0.29, 0.717) is 18.0 Å². The molecule has 19 heavy (non-hydrogen) atoms. The van der Waals surface area contributed by atoms with Crippen LogP contribution >= 0.6 is 0 Å². The first kappa shape index (κ1) is 13.6. The van der Waals surface area contributed by atoms with Crippen molar-refractivity contribution < 1.29 is 13.2 Å². The maximum Gasteiger partial charge on any atom is 0.269 e. The monoisotopic (exact) mass is 280 g/mol. The molecule has 1 aromatic carbocycles. The van der Waals surface area contributed by atoms with E-state index in [2.05, 4.69) is 4.98 Å². The first-order chi connectivity index (χ1) is 9.00. The highest BCUT2D eigenvalue weighted by atomic mass is 32.2. The summed E-state index contributed by atoms with van der Waals surface area (Å²) in [6.07, 6.45) is 3.62. The van der Waals surface area contributed by atoms with Crippen LogP contribution in [0.15, 0.2) is 35.5 Å². The van der Waals surface area contributed by atoms with Gasteiger partial charge >= 0.3 is 0 Å². The average Bonchev–Trinajstić information content (AvgIpc) is 2.84. The lowest BCUT2D eigenvalue weighted by Crippen LogP contribution is -2.14. The van der Waals surface area contributed by atoms with Crippen LogP contribution in [-0.2, 0) is 16.4 Å². The van der Waals surface area contributed by atoms with Gasteiger partial charge in [0.2, 0.25) is 0 Å². The minimum Gasteiger partial charge on any atom is -0.496 e. The van der Waals surface area contributed by atoms with Crippen molar-refractivity contribution in [2.24, 2.45) is 0 Å². The van der Waals surface area contributed by atoms with Crippen molar-refractivity contribution in [2.75, 3.05) is 7.11 Å². The number of rotatable bonds is 4. The second-order valence-electron chi connectivity index (χ2n) is 4.10. The fourth-order valence-corrected chi connectivity index (χ4v) is 3.29. The maximum atomic E-state index is 12.5. The number of nitrogens with zero attached hydrogens (tertiary/aromatic N) is 2. The molecule has 1 heterocycles. The van der Waals surface area contributed by atoms with E-state index in [-0.39, 0.29) is 4.90 Å². The van der Waals surface area contributed by atoms with Crippen molar-refractivity contribution in [1.82, 2.24) is 8.96 Å². The molecular weight excluding hydrogens is 264 g/mol. The van der Waals surface area contributed by atoms with E-state index < -0.39 is 10.0 Å².